The van der Waals surface area contributed by atoms with Crippen molar-refractivity contribution in [3.63, 3.8) is 0 Å². The molecule has 0 bridgehead atoms. The molecule has 0 spiro atoms. The van der Waals surface area contributed by atoms with Crippen molar-refractivity contribution in [2.75, 3.05) is 0 Å². The average Bonchev–Trinajstić information content (AvgIpc) is 2.16. The lowest BCUT2D eigenvalue weighted by molar-refractivity contribution is -0.385. The molecule has 5 nitrogen and oxygen atoms in total. The van der Waals surface area contributed by atoms with Gasteiger partial charge in [-0.15, -0.1) is 0 Å². The molecule has 1 amide bonds. The Bertz CT molecular complexity index is 388. The lowest BCUT2D eigenvalue weighted by atomic mass is 10.1. The van der Waals surface area contributed by atoms with Crippen LogP contribution >= 0.6 is 0 Å². The highest BCUT2D eigenvalue weighted by Gasteiger charge is 2.13. The van der Waals surface area contributed by atoms with E-state index in [0.29, 0.717) is 17.5 Å². The molecule has 0 saturated heterocycles. The van der Waals surface area contributed by atoms with Gasteiger partial charge in [0.1, 0.15) is 0 Å². The van der Waals surface area contributed by atoms with Gasteiger partial charge in [0.05, 0.1) is 4.92 Å². The monoisotopic (exact) mass is 194 g/mol. The molecular weight excluding hydrogens is 184 g/mol. The molecule has 0 fully saturated rings. The summed E-state index contributed by atoms with van der Waals surface area (Å²) < 4.78 is 0. The first-order valence-electron chi connectivity index (χ1n) is 4.13. The minimum Gasteiger partial charge on any atom is -0.366 e. The van der Waals surface area contributed by atoms with Gasteiger partial charge in [0.15, 0.2) is 0 Å². The van der Waals surface area contributed by atoms with Crippen LogP contribution in [-0.2, 0) is 6.42 Å². The van der Waals surface area contributed by atoms with Crippen LogP contribution in [0.25, 0.3) is 0 Å². The first-order valence-corrected chi connectivity index (χ1v) is 4.13. The van der Waals surface area contributed by atoms with E-state index in [1.807, 2.05) is 0 Å². The third kappa shape index (κ3) is 1.87. The van der Waals surface area contributed by atoms with Crippen LogP contribution in [0.5, 0.6) is 0 Å². The van der Waals surface area contributed by atoms with Gasteiger partial charge < -0.3 is 5.73 Å². The van der Waals surface area contributed by atoms with Gasteiger partial charge in [-0.25, -0.2) is 0 Å². The lowest BCUT2D eigenvalue weighted by Gasteiger charge is -2.01. The molecule has 5 heteroatoms. The van der Waals surface area contributed by atoms with E-state index >= 15 is 0 Å². The Hall–Kier alpha value is -1.91. The lowest BCUT2D eigenvalue weighted by Crippen LogP contribution is -2.11. The Kier molecular flexibility index (Phi) is 2.81. The smallest absolute Gasteiger partial charge is 0.272 e. The number of rotatable bonds is 3. The van der Waals surface area contributed by atoms with Crippen LogP contribution in [-0.4, -0.2) is 10.8 Å². The van der Waals surface area contributed by atoms with Crippen molar-refractivity contribution in [1.82, 2.24) is 0 Å². The van der Waals surface area contributed by atoms with E-state index in [-0.39, 0.29) is 5.69 Å². The summed E-state index contributed by atoms with van der Waals surface area (Å²) >= 11 is 0. The third-order valence-electron chi connectivity index (χ3n) is 1.94. The molecule has 0 aliphatic rings. The summed E-state index contributed by atoms with van der Waals surface area (Å²) in [6.07, 6.45) is 0.497. The van der Waals surface area contributed by atoms with Crippen LogP contribution in [0.3, 0.4) is 0 Å². The van der Waals surface area contributed by atoms with Crippen molar-refractivity contribution in [2.45, 2.75) is 13.3 Å². The number of hydrogen-bond acceptors (Lipinski definition) is 3. The predicted molar refractivity (Wildman–Crippen MR) is 51.0 cm³/mol. The van der Waals surface area contributed by atoms with Gasteiger partial charge in [-0.2, -0.15) is 0 Å². The largest absolute Gasteiger partial charge is 0.366 e. The zero-order valence-corrected chi connectivity index (χ0v) is 7.69. The van der Waals surface area contributed by atoms with Crippen molar-refractivity contribution < 1.29 is 9.72 Å². The highest BCUT2D eigenvalue weighted by atomic mass is 16.6. The fraction of sp³-hybridized carbons (Fsp3) is 0.222. The highest BCUT2D eigenvalue weighted by molar-refractivity contribution is 5.93. The van der Waals surface area contributed by atoms with Crippen molar-refractivity contribution >= 4 is 11.6 Å². The Labute approximate surface area is 80.7 Å². The molecule has 2 N–H and O–H groups in total. The number of nitrogens with two attached hydrogens (primary N) is 1. The SMILES string of the molecule is CCc1cc(C(N)=O)ccc1[N+](=O)[O-]. The molecule has 0 atom stereocenters. The van der Waals surface area contributed by atoms with Gasteiger partial charge in [-0.05, 0) is 18.6 Å². The minimum atomic E-state index is -0.574. The van der Waals surface area contributed by atoms with Gasteiger partial charge in [-0.1, -0.05) is 6.92 Å². The second-order valence-electron chi connectivity index (χ2n) is 2.82. The van der Waals surface area contributed by atoms with Crippen LogP contribution < -0.4 is 5.73 Å². The fourth-order valence-electron chi connectivity index (χ4n) is 1.20. The number of benzene rings is 1. The third-order valence-corrected chi connectivity index (χ3v) is 1.94. The Balaban J connectivity index is 3.25. The van der Waals surface area contributed by atoms with Gasteiger partial charge in [-0.3, -0.25) is 14.9 Å². The second kappa shape index (κ2) is 3.87. The fourth-order valence-corrected chi connectivity index (χ4v) is 1.20. The number of amides is 1. The molecule has 0 aliphatic heterocycles. The maximum Gasteiger partial charge on any atom is 0.272 e. The summed E-state index contributed by atoms with van der Waals surface area (Å²) in [7, 11) is 0. The number of primary amides is 1. The van der Waals surface area contributed by atoms with Crippen molar-refractivity contribution in [3.05, 3.63) is 39.4 Å². The molecule has 0 heterocycles. The normalized spacial score (nSPS) is 9.79. The van der Waals surface area contributed by atoms with Gasteiger partial charge in [0.25, 0.3) is 5.69 Å². The van der Waals surface area contributed by atoms with E-state index in [9.17, 15) is 14.9 Å². The number of nitro benzene ring substituents is 1. The van der Waals surface area contributed by atoms with Gasteiger partial charge in [0.2, 0.25) is 5.91 Å². The Morgan fingerprint density at radius 3 is 2.64 bits per heavy atom. The maximum absolute atomic E-state index is 10.8. The van der Waals surface area contributed by atoms with E-state index in [1.165, 1.54) is 18.2 Å². The van der Waals surface area contributed by atoms with E-state index in [0.717, 1.165) is 0 Å². The molecular formula is C9H10N2O3. The molecule has 0 aromatic heterocycles. The standard InChI is InChI=1S/C9H10N2O3/c1-2-6-5-7(9(10)12)3-4-8(6)11(13)14/h3-5H,2H2,1H3,(H2,10,12). The number of aryl methyl sites for hydroxylation is 1. The molecule has 0 unspecified atom stereocenters. The van der Waals surface area contributed by atoms with Crippen molar-refractivity contribution in [3.8, 4) is 0 Å². The number of nitro groups is 1. The van der Waals surface area contributed by atoms with E-state index < -0.39 is 10.8 Å². The predicted octanol–water partition coefficient (Wildman–Crippen LogP) is 1.26. The zero-order chi connectivity index (χ0) is 10.7. The highest BCUT2D eigenvalue weighted by Crippen LogP contribution is 2.20. The maximum atomic E-state index is 10.8. The van der Waals surface area contributed by atoms with E-state index in [4.69, 9.17) is 5.73 Å². The zero-order valence-electron chi connectivity index (χ0n) is 7.69. The summed E-state index contributed by atoms with van der Waals surface area (Å²) in [5, 5.41) is 10.6. The first-order chi connectivity index (χ1) is 6.56. The number of nitrogens with zero attached hydrogens (tertiary/aromatic N) is 1. The second-order valence-corrected chi connectivity index (χ2v) is 2.82. The molecule has 1 rings (SSSR count). The summed E-state index contributed by atoms with van der Waals surface area (Å²) in [6.45, 7) is 1.78. The van der Waals surface area contributed by atoms with Crippen LogP contribution in [0.2, 0.25) is 0 Å². The number of hydrogen-bond donors (Lipinski definition) is 1. The van der Waals surface area contributed by atoms with Crippen LogP contribution in [0, 0.1) is 10.1 Å². The van der Waals surface area contributed by atoms with E-state index in [2.05, 4.69) is 0 Å². The summed E-state index contributed by atoms with van der Waals surface area (Å²) in [4.78, 5) is 20.9. The molecule has 0 saturated carbocycles. The topological polar surface area (TPSA) is 86.2 Å². The molecule has 0 radical (unpaired) electrons. The average molecular weight is 194 g/mol. The molecule has 1 aromatic rings. The molecule has 74 valence electrons. The van der Waals surface area contributed by atoms with Crippen LogP contribution in [0.1, 0.15) is 22.8 Å². The Morgan fingerprint density at radius 2 is 2.21 bits per heavy atom. The summed E-state index contributed by atoms with van der Waals surface area (Å²) in [6, 6.07) is 4.12. The van der Waals surface area contributed by atoms with E-state index in [1.54, 1.807) is 6.92 Å². The van der Waals surface area contributed by atoms with Crippen LogP contribution in [0.4, 0.5) is 5.69 Å². The molecule has 14 heavy (non-hydrogen) atoms. The van der Waals surface area contributed by atoms with Crippen molar-refractivity contribution in [1.29, 1.82) is 0 Å². The summed E-state index contributed by atoms with van der Waals surface area (Å²) in [5.41, 5.74) is 5.90. The van der Waals surface area contributed by atoms with Gasteiger partial charge >= 0.3 is 0 Å². The summed E-state index contributed by atoms with van der Waals surface area (Å²) in [5.74, 6) is -0.574. The van der Waals surface area contributed by atoms with Gasteiger partial charge in [0, 0.05) is 17.2 Å². The number of carbonyl (C=O) groups excluding carboxylic acids is 1. The molecule has 0 aliphatic carbocycles. The first kappa shape index (κ1) is 10.2. The number of carbonyl (C=O) groups is 1. The minimum absolute atomic E-state index is 0.0255. The quantitative estimate of drug-likeness (QED) is 0.580. The van der Waals surface area contributed by atoms with Crippen molar-refractivity contribution in [2.24, 2.45) is 5.73 Å². The molecule has 1 aromatic carbocycles. The van der Waals surface area contributed by atoms with Crippen LogP contribution in [0.15, 0.2) is 18.2 Å². The Morgan fingerprint density at radius 1 is 1.57 bits per heavy atom.